The molecule has 0 radical (unpaired) electrons. The van der Waals surface area contributed by atoms with E-state index in [4.69, 9.17) is 4.42 Å². The molecule has 3 rings (SSSR count). The molecule has 1 aliphatic heterocycles. The summed E-state index contributed by atoms with van der Waals surface area (Å²) in [4.78, 5) is 20.7. The zero-order chi connectivity index (χ0) is 16.9. The largest absolute Gasteiger partial charge is 0.444 e. The van der Waals surface area contributed by atoms with Crippen LogP contribution in [0.3, 0.4) is 0 Å². The summed E-state index contributed by atoms with van der Waals surface area (Å²) in [6, 6.07) is 8.08. The van der Waals surface area contributed by atoms with Gasteiger partial charge in [-0.25, -0.2) is 4.98 Å². The van der Waals surface area contributed by atoms with E-state index in [0.717, 1.165) is 37.4 Å². The predicted molar refractivity (Wildman–Crippen MR) is 92.5 cm³/mol. The minimum Gasteiger partial charge on any atom is -0.444 e. The van der Waals surface area contributed by atoms with Gasteiger partial charge < -0.3 is 14.6 Å². The standard InChI is InChI=1S/C18H24N4O2/c1-14-3-5-15(6-4-14)18-20-16(13-24-18)11-21(2)12-17(23)22-9-7-19-8-10-22/h3-6,13,19H,7-12H2,1-2H3. The number of benzene rings is 1. The number of amides is 1. The fourth-order valence-electron chi connectivity index (χ4n) is 2.79. The second-order valence-electron chi connectivity index (χ2n) is 6.31. The van der Waals surface area contributed by atoms with Gasteiger partial charge in [-0.05, 0) is 26.1 Å². The first-order chi connectivity index (χ1) is 11.6. The van der Waals surface area contributed by atoms with Gasteiger partial charge in [-0.2, -0.15) is 0 Å². The molecular weight excluding hydrogens is 304 g/mol. The van der Waals surface area contributed by atoms with Gasteiger partial charge in [-0.15, -0.1) is 0 Å². The highest BCUT2D eigenvalue weighted by molar-refractivity contribution is 5.78. The molecule has 1 amide bonds. The number of aromatic nitrogens is 1. The summed E-state index contributed by atoms with van der Waals surface area (Å²) in [5.41, 5.74) is 3.00. The van der Waals surface area contributed by atoms with Crippen molar-refractivity contribution in [2.45, 2.75) is 13.5 Å². The second kappa shape index (κ2) is 7.59. The second-order valence-corrected chi connectivity index (χ2v) is 6.31. The summed E-state index contributed by atoms with van der Waals surface area (Å²) >= 11 is 0. The van der Waals surface area contributed by atoms with Crippen LogP contribution in [0.1, 0.15) is 11.3 Å². The van der Waals surface area contributed by atoms with E-state index in [1.165, 1.54) is 5.56 Å². The van der Waals surface area contributed by atoms with Gasteiger partial charge in [0.05, 0.1) is 12.2 Å². The highest BCUT2D eigenvalue weighted by atomic mass is 16.3. The van der Waals surface area contributed by atoms with E-state index in [-0.39, 0.29) is 5.91 Å². The summed E-state index contributed by atoms with van der Waals surface area (Å²) in [7, 11) is 1.93. The summed E-state index contributed by atoms with van der Waals surface area (Å²) in [5.74, 6) is 0.785. The van der Waals surface area contributed by atoms with Gasteiger partial charge in [0.2, 0.25) is 11.8 Å². The van der Waals surface area contributed by atoms with Gasteiger partial charge in [0.1, 0.15) is 6.26 Å². The molecule has 0 atom stereocenters. The normalized spacial score (nSPS) is 15.0. The van der Waals surface area contributed by atoms with E-state index in [0.29, 0.717) is 19.0 Å². The van der Waals surface area contributed by atoms with Crippen LogP contribution in [0.2, 0.25) is 0 Å². The lowest BCUT2D eigenvalue weighted by Crippen LogP contribution is -2.49. The summed E-state index contributed by atoms with van der Waals surface area (Å²) in [6.45, 7) is 6.36. The van der Waals surface area contributed by atoms with Crippen molar-refractivity contribution < 1.29 is 9.21 Å². The van der Waals surface area contributed by atoms with Crippen molar-refractivity contribution in [3.63, 3.8) is 0 Å². The van der Waals surface area contributed by atoms with E-state index in [1.807, 2.05) is 41.1 Å². The van der Waals surface area contributed by atoms with Crippen LogP contribution < -0.4 is 5.32 Å². The molecule has 6 nitrogen and oxygen atoms in total. The van der Waals surface area contributed by atoms with Crippen LogP contribution in [-0.4, -0.2) is 60.5 Å². The molecule has 6 heteroatoms. The smallest absolute Gasteiger partial charge is 0.236 e. The lowest BCUT2D eigenvalue weighted by Gasteiger charge is -2.29. The molecule has 1 N–H and O–H groups in total. The maximum absolute atomic E-state index is 12.3. The molecule has 1 fully saturated rings. The molecule has 1 saturated heterocycles. The van der Waals surface area contributed by atoms with Gasteiger partial charge in [-0.1, -0.05) is 17.7 Å². The Labute approximate surface area is 142 Å². The SMILES string of the molecule is Cc1ccc(-c2nc(CN(C)CC(=O)N3CCNCC3)co2)cc1. The van der Waals surface area contributed by atoms with E-state index >= 15 is 0 Å². The Morgan fingerprint density at radius 3 is 2.71 bits per heavy atom. The van der Waals surface area contributed by atoms with Crippen molar-refractivity contribution in [3.05, 3.63) is 41.8 Å². The average molecular weight is 328 g/mol. The minimum atomic E-state index is 0.168. The maximum atomic E-state index is 12.3. The molecule has 2 heterocycles. The van der Waals surface area contributed by atoms with Gasteiger partial charge >= 0.3 is 0 Å². The van der Waals surface area contributed by atoms with Crippen molar-refractivity contribution in [2.24, 2.45) is 0 Å². The molecule has 0 bridgehead atoms. The first kappa shape index (κ1) is 16.7. The first-order valence-electron chi connectivity index (χ1n) is 8.30. The number of carbonyl (C=O) groups excluding carboxylic acids is 1. The van der Waals surface area contributed by atoms with Crippen molar-refractivity contribution in [1.82, 2.24) is 20.1 Å². The lowest BCUT2D eigenvalue weighted by atomic mass is 10.1. The molecule has 24 heavy (non-hydrogen) atoms. The van der Waals surface area contributed by atoms with Gasteiger partial charge in [-0.3, -0.25) is 9.69 Å². The highest BCUT2D eigenvalue weighted by Gasteiger charge is 2.18. The number of piperazine rings is 1. The maximum Gasteiger partial charge on any atom is 0.236 e. The quantitative estimate of drug-likeness (QED) is 0.901. The van der Waals surface area contributed by atoms with Crippen molar-refractivity contribution >= 4 is 5.91 Å². The molecule has 0 saturated carbocycles. The Morgan fingerprint density at radius 2 is 2.00 bits per heavy atom. The number of oxazole rings is 1. The Morgan fingerprint density at radius 1 is 1.29 bits per heavy atom. The molecule has 128 valence electrons. The van der Waals surface area contributed by atoms with Gasteiger partial charge in [0.25, 0.3) is 0 Å². The number of nitrogens with zero attached hydrogens (tertiary/aromatic N) is 3. The van der Waals surface area contributed by atoms with E-state index < -0.39 is 0 Å². The molecule has 1 aromatic heterocycles. The van der Waals surface area contributed by atoms with Crippen LogP contribution in [0.25, 0.3) is 11.5 Å². The Bertz CT molecular complexity index is 675. The number of hydrogen-bond donors (Lipinski definition) is 1. The molecule has 1 aliphatic rings. The van der Waals surface area contributed by atoms with Crippen molar-refractivity contribution in [2.75, 3.05) is 39.8 Å². The fraction of sp³-hybridized carbons (Fsp3) is 0.444. The van der Waals surface area contributed by atoms with E-state index in [9.17, 15) is 4.79 Å². The molecule has 0 spiro atoms. The number of carbonyl (C=O) groups is 1. The molecule has 0 unspecified atom stereocenters. The van der Waals surface area contributed by atoms with Crippen molar-refractivity contribution in [3.8, 4) is 11.5 Å². The number of nitrogens with one attached hydrogen (secondary N) is 1. The van der Waals surface area contributed by atoms with Crippen LogP contribution >= 0.6 is 0 Å². The highest BCUT2D eigenvalue weighted by Crippen LogP contribution is 2.19. The van der Waals surface area contributed by atoms with Crippen LogP contribution in [0, 0.1) is 6.92 Å². The van der Waals surface area contributed by atoms with Crippen molar-refractivity contribution in [1.29, 1.82) is 0 Å². The lowest BCUT2D eigenvalue weighted by molar-refractivity contribution is -0.132. The third kappa shape index (κ3) is 4.21. The third-order valence-electron chi connectivity index (χ3n) is 4.16. The van der Waals surface area contributed by atoms with Gasteiger partial charge in [0.15, 0.2) is 0 Å². The van der Waals surface area contributed by atoms with E-state index in [2.05, 4.69) is 17.2 Å². The number of hydrogen-bond acceptors (Lipinski definition) is 5. The Balaban J connectivity index is 1.55. The summed E-state index contributed by atoms with van der Waals surface area (Å²) < 4.78 is 5.57. The fourth-order valence-corrected chi connectivity index (χ4v) is 2.79. The molecule has 1 aromatic carbocycles. The minimum absolute atomic E-state index is 0.168. The zero-order valence-electron chi connectivity index (χ0n) is 14.3. The zero-order valence-corrected chi connectivity index (χ0v) is 14.3. The Hall–Kier alpha value is -2.18. The van der Waals surface area contributed by atoms with Crippen LogP contribution in [0.4, 0.5) is 0 Å². The summed E-state index contributed by atoms with van der Waals surface area (Å²) in [5, 5.41) is 3.25. The van der Waals surface area contributed by atoms with Crippen LogP contribution in [-0.2, 0) is 11.3 Å². The average Bonchev–Trinajstić information content (AvgIpc) is 3.04. The topological polar surface area (TPSA) is 61.6 Å². The third-order valence-corrected chi connectivity index (χ3v) is 4.16. The number of likely N-dealkylation sites (N-methyl/N-ethyl adjacent to an activating group) is 1. The Kier molecular flexibility index (Phi) is 5.27. The number of rotatable bonds is 5. The molecular formula is C18H24N4O2. The monoisotopic (exact) mass is 328 g/mol. The molecule has 2 aromatic rings. The van der Waals surface area contributed by atoms with Crippen LogP contribution in [0.5, 0.6) is 0 Å². The molecule has 0 aliphatic carbocycles. The number of aryl methyl sites for hydroxylation is 1. The summed E-state index contributed by atoms with van der Waals surface area (Å²) in [6.07, 6.45) is 1.67. The van der Waals surface area contributed by atoms with Crippen LogP contribution in [0.15, 0.2) is 34.9 Å². The predicted octanol–water partition coefficient (Wildman–Crippen LogP) is 1.51. The van der Waals surface area contributed by atoms with E-state index in [1.54, 1.807) is 6.26 Å². The first-order valence-corrected chi connectivity index (χ1v) is 8.30. The van der Waals surface area contributed by atoms with Gasteiger partial charge in [0, 0.05) is 38.3 Å².